The normalized spacial score (nSPS) is 38.0. The van der Waals surface area contributed by atoms with Gasteiger partial charge in [0.2, 0.25) is 0 Å². The Hall–Kier alpha value is -0.900. The molecule has 3 heteroatoms. The van der Waals surface area contributed by atoms with Gasteiger partial charge in [-0.05, 0) is 93.1 Å². The first-order valence-electron chi connectivity index (χ1n) is 12.7. The third-order valence-electron chi connectivity index (χ3n) is 8.69. The molecule has 0 heterocycles. The number of hydrogen-bond acceptors (Lipinski definition) is 3. The number of aliphatic hydroxyl groups excluding tert-OH is 2. The van der Waals surface area contributed by atoms with Gasteiger partial charge in [0, 0.05) is 6.42 Å². The SMILES string of the molecule is C=C1C(=CC=C2CCCC3(C)C2CCC3C(C)CCCCC(C)(C)O)CC(O)CC1O. The Kier molecular flexibility index (Phi) is 7.92. The number of aliphatic hydroxyl groups is 3. The molecular weight excluding hydrogens is 384 g/mol. The van der Waals surface area contributed by atoms with Gasteiger partial charge in [-0.3, -0.25) is 0 Å². The van der Waals surface area contributed by atoms with Crippen LogP contribution in [-0.2, 0) is 0 Å². The Balaban J connectivity index is 1.66. The van der Waals surface area contributed by atoms with Gasteiger partial charge in [-0.1, -0.05) is 57.4 Å². The van der Waals surface area contributed by atoms with Crippen LogP contribution in [0, 0.1) is 23.2 Å². The number of unbranched alkanes of at least 4 members (excludes halogenated alkanes) is 1. The molecule has 0 aliphatic heterocycles. The molecule has 0 radical (unpaired) electrons. The van der Waals surface area contributed by atoms with E-state index in [2.05, 4.69) is 32.6 Å². The van der Waals surface area contributed by atoms with E-state index in [4.69, 9.17) is 0 Å². The summed E-state index contributed by atoms with van der Waals surface area (Å²) in [7, 11) is 0. The molecule has 0 bridgehead atoms. The highest BCUT2D eigenvalue weighted by Gasteiger charge is 2.50. The second-order valence-corrected chi connectivity index (χ2v) is 11.7. The van der Waals surface area contributed by atoms with Crippen LogP contribution < -0.4 is 0 Å². The van der Waals surface area contributed by atoms with E-state index < -0.39 is 17.8 Å². The van der Waals surface area contributed by atoms with E-state index in [0.29, 0.717) is 24.2 Å². The molecule has 0 amide bonds. The highest BCUT2D eigenvalue weighted by molar-refractivity contribution is 5.38. The van der Waals surface area contributed by atoms with E-state index >= 15 is 0 Å². The molecule has 3 saturated carbocycles. The monoisotopic (exact) mass is 430 g/mol. The third-order valence-corrected chi connectivity index (χ3v) is 8.69. The predicted octanol–water partition coefficient (Wildman–Crippen LogP) is 6.09. The summed E-state index contributed by atoms with van der Waals surface area (Å²) in [5.41, 5.74) is 3.22. The minimum Gasteiger partial charge on any atom is -0.393 e. The van der Waals surface area contributed by atoms with E-state index in [0.717, 1.165) is 35.8 Å². The van der Waals surface area contributed by atoms with Crippen molar-refractivity contribution in [1.82, 2.24) is 0 Å². The van der Waals surface area contributed by atoms with Crippen LogP contribution in [0.3, 0.4) is 0 Å². The van der Waals surface area contributed by atoms with Crippen molar-refractivity contribution in [2.24, 2.45) is 23.2 Å². The molecule has 0 aromatic heterocycles. The highest BCUT2D eigenvalue weighted by atomic mass is 16.3. The second kappa shape index (κ2) is 9.93. The molecule has 3 N–H and O–H groups in total. The van der Waals surface area contributed by atoms with E-state index in [-0.39, 0.29) is 0 Å². The fraction of sp³-hybridized carbons (Fsp3) is 0.786. The van der Waals surface area contributed by atoms with Crippen molar-refractivity contribution < 1.29 is 15.3 Å². The molecule has 0 aromatic carbocycles. The van der Waals surface area contributed by atoms with Gasteiger partial charge in [-0.15, -0.1) is 0 Å². The molecule has 31 heavy (non-hydrogen) atoms. The zero-order valence-electron chi connectivity index (χ0n) is 20.4. The van der Waals surface area contributed by atoms with E-state index in [1.165, 1.54) is 44.9 Å². The maximum atomic E-state index is 10.1. The topological polar surface area (TPSA) is 60.7 Å². The molecule has 6 atom stereocenters. The molecule has 6 unspecified atom stereocenters. The third kappa shape index (κ3) is 5.92. The maximum Gasteiger partial charge on any atom is 0.0811 e. The Morgan fingerprint density at radius 1 is 1.19 bits per heavy atom. The molecule has 0 spiro atoms. The lowest BCUT2D eigenvalue weighted by Crippen LogP contribution is -2.36. The van der Waals surface area contributed by atoms with Crippen LogP contribution in [0.2, 0.25) is 0 Å². The lowest BCUT2D eigenvalue weighted by molar-refractivity contribution is 0.0650. The molecule has 3 rings (SSSR count). The van der Waals surface area contributed by atoms with Crippen LogP contribution >= 0.6 is 0 Å². The number of fused-ring (bicyclic) bond motifs is 1. The molecule has 3 fully saturated rings. The second-order valence-electron chi connectivity index (χ2n) is 11.7. The van der Waals surface area contributed by atoms with Gasteiger partial charge < -0.3 is 15.3 Å². The first kappa shape index (κ1) is 24.7. The standard InChI is InChI=1S/C28H46O3/c1-19(9-6-7-15-27(3,4)31)24-13-14-25-21(10-8-16-28(24,25)5)11-12-22-17-23(29)18-26(30)20(22)2/h11-12,19,23-26,29-31H,2,6-10,13-18H2,1,3-5H3. The number of allylic oxidation sites excluding steroid dienone is 3. The first-order chi connectivity index (χ1) is 14.5. The smallest absolute Gasteiger partial charge is 0.0811 e. The Bertz CT molecular complexity index is 698. The van der Waals surface area contributed by atoms with Crippen LogP contribution in [0.5, 0.6) is 0 Å². The molecule has 3 nitrogen and oxygen atoms in total. The van der Waals surface area contributed by atoms with E-state index in [9.17, 15) is 15.3 Å². The molecule has 176 valence electrons. The summed E-state index contributed by atoms with van der Waals surface area (Å²) in [5.74, 6) is 2.18. The summed E-state index contributed by atoms with van der Waals surface area (Å²) in [6.07, 6.45) is 15.2. The van der Waals surface area contributed by atoms with Gasteiger partial charge in [-0.25, -0.2) is 0 Å². The van der Waals surface area contributed by atoms with Gasteiger partial charge in [-0.2, -0.15) is 0 Å². The maximum absolute atomic E-state index is 10.1. The zero-order chi connectivity index (χ0) is 22.8. The van der Waals surface area contributed by atoms with Crippen LogP contribution in [0.4, 0.5) is 0 Å². The van der Waals surface area contributed by atoms with Crippen molar-refractivity contribution >= 4 is 0 Å². The predicted molar refractivity (Wildman–Crippen MR) is 129 cm³/mol. The minimum atomic E-state index is -0.613. The zero-order valence-corrected chi connectivity index (χ0v) is 20.4. The first-order valence-corrected chi connectivity index (χ1v) is 12.7. The van der Waals surface area contributed by atoms with Gasteiger partial charge in [0.15, 0.2) is 0 Å². The fourth-order valence-electron chi connectivity index (χ4n) is 6.90. The lowest BCUT2D eigenvalue weighted by atomic mass is 9.60. The molecule has 3 aliphatic rings. The average Bonchev–Trinajstić information content (AvgIpc) is 3.03. The average molecular weight is 431 g/mol. The summed E-state index contributed by atoms with van der Waals surface area (Å²) in [6, 6.07) is 0. The summed E-state index contributed by atoms with van der Waals surface area (Å²) >= 11 is 0. The van der Waals surface area contributed by atoms with Crippen molar-refractivity contribution in [1.29, 1.82) is 0 Å². The number of hydrogen-bond donors (Lipinski definition) is 3. The lowest BCUT2D eigenvalue weighted by Gasteiger charge is -2.44. The van der Waals surface area contributed by atoms with Gasteiger partial charge in [0.1, 0.15) is 0 Å². The summed E-state index contributed by atoms with van der Waals surface area (Å²) in [4.78, 5) is 0. The summed E-state index contributed by atoms with van der Waals surface area (Å²) in [6.45, 7) is 12.9. The number of rotatable bonds is 7. The Morgan fingerprint density at radius 2 is 1.94 bits per heavy atom. The minimum absolute atomic E-state index is 0.390. The van der Waals surface area contributed by atoms with Gasteiger partial charge in [0.25, 0.3) is 0 Å². The fourth-order valence-corrected chi connectivity index (χ4v) is 6.90. The van der Waals surface area contributed by atoms with Crippen molar-refractivity contribution in [3.05, 3.63) is 35.5 Å². The van der Waals surface area contributed by atoms with Crippen molar-refractivity contribution in [3.8, 4) is 0 Å². The molecular formula is C28H46O3. The van der Waals surface area contributed by atoms with Crippen LogP contribution in [0.1, 0.15) is 98.3 Å². The van der Waals surface area contributed by atoms with Crippen molar-refractivity contribution in [3.63, 3.8) is 0 Å². The Morgan fingerprint density at radius 3 is 2.65 bits per heavy atom. The quantitative estimate of drug-likeness (QED) is 0.428. The summed E-state index contributed by atoms with van der Waals surface area (Å²) in [5, 5.41) is 30.2. The molecule has 0 saturated heterocycles. The van der Waals surface area contributed by atoms with Crippen molar-refractivity contribution in [2.45, 2.75) is 116 Å². The Labute approximate surface area is 190 Å². The van der Waals surface area contributed by atoms with Gasteiger partial charge >= 0.3 is 0 Å². The van der Waals surface area contributed by atoms with Gasteiger partial charge in [0.05, 0.1) is 17.8 Å². The van der Waals surface area contributed by atoms with E-state index in [1.807, 2.05) is 13.8 Å². The summed E-state index contributed by atoms with van der Waals surface area (Å²) < 4.78 is 0. The highest BCUT2D eigenvalue weighted by Crippen LogP contribution is 2.60. The van der Waals surface area contributed by atoms with Crippen LogP contribution in [0.25, 0.3) is 0 Å². The largest absolute Gasteiger partial charge is 0.393 e. The molecule has 3 aliphatic carbocycles. The van der Waals surface area contributed by atoms with E-state index in [1.54, 1.807) is 5.57 Å². The van der Waals surface area contributed by atoms with Crippen LogP contribution in [-0.4, -0.2) is 33.1 Å². The molecule has 0 aromatic rings. The van der Waals surface area contributed by atoms with Crippen LogP contribution in [0.15, 0.2) is 35.5 Å². The van der Waals surface area contributed by atoms with Crippen molar-refractivity contribution in [2.75, 3.05) is 0 Å².